The molecule has 1 heterocycles. The summed E-state index contributed by atoms with van der Waals surface area (Å²) in [7, 11) is 1.32. The maximum absolute atomic E-state index is 11.7. The highest BCUT2D eigenvalue weighted by Crippen LogP contribution is 2.22. The van der Waals surface area contributed by atoms with E-state index in [2.05, 4.69) is 10.1 Å². The predicted molar refractivity (Wildman–Crippen MR) is 73.8 cm³/mol. The Morgan fingerprint density at radius 2 is 2.22 bits per heavy atom. The van der Waals surface area contributed by atoms with Crippen LogP contribution in [0.2, 0.25) is 0 Å². The van der Waals surface area contributed by atoms with E-state index in [1.165, 1.54) is 18.9 Å². The highest BCUT2D eigenvalue weighted by molar-refractivity contribution is 8.01. The maximum atomic E-state index is 11.7. The number of esters is 1. The lowest BCUT2D eigenvalue weighted by Crippen LogP contribution is -2.45. The first-order valence-corrected chi connectivity index (χ1v) is 7.44. The third kappa shape index (κ3) is 4.70. The summed E-state index contributed by atoms with van der Waals surface area (Å²) >= 11 is 3.05. The first kappa shape index (κ1) is 15.0. The third-order valence-corrected chi connectivity index (χ3v) is 4.41. The van der Waals surface area contributed by atoms with Gasteiger partial charge in [-0.05, 0) is 17.4 Å². The number of rotatable bonds is 6. The van der Waals surface area contributed by atoms with E-state index in [-0.39, 0.29) is 11.8 Å². The van der Waals surface area contributed by atoms with Gasteiger partial charge in [0.1, 0.15) is 6.04 Å². The van der Waals surface area contributed by atoms with Crippen LogP contribution in [0, 0.1) is 5.92 Å². The molecule has 18 heavy (non-hydrogen) atoms. The number of methoxy groups -OCH3 is 1. The van der Waals surface area contributed by atoms with Crippen LogP contribution in [-0.4, -0.2) is 30.8 Å². The van der Waals surface area contributed by atoms with Crippen molar-refractivity contribution in [3.8, 4) is 0 Å². The fraction of sp³-hybridized carbons (Fsp3) is 0.500. The average molecular weight is 287 g/mol. The molecule has 100 valence electrons. The SMILES string of the molecule is COC(=O)C(NC(=O)CSc1cccs1)C(C)C. The topological polar surface area (TPSA) is 55.4 Å². The Kier molecular flexibility index (Phi) is 6.21. The molecule has 0 saturated carbocycles. The van der Waals surface area contributed by atoms with Gasteiger partial charge < -0.3 is 10.1 Å². The summed E-state index contributed by atoms with van der Waals surface area (Å²) in [6, 6.07) is 3.32. The van der Waals surface area contributed by atoms with Gasteiger partial charge in [-0.1, -0.05) is 19.9 Å². The molecule has 1 atom stereocenters. The Morgan fingerprint density at radius 1 is 1.50 bits per heavy atom. The quantitative estimate of drug-likeness (QED) is 0.643. The molecule has 1 aromatic heterocycles. The van der Waals surface area contributed by atoms with Crippen LogP contribution in [0.4, 0.5) is 0 Å². The minimum absolute atomic E-state index is 0.00753. The van der Waals surface area contributed by atoms with Crippen molar-refractivity contribution in [3.05, 3.63) is 17.5 Å². The molecule has 0 aromatic carbocycles. The van der Waals surface area contributed by atoms with E-state index in [1.807, 2.05) is 31.4 Å². The lowest BCUT2D eigenvalue weighted by Gasteiger charge is -2.19. The summed E-state index contributed by atoms with van der Waals surface area (Å²) in [5, 5.41) is 4.66. The molecule has 6 heteroatoms. The van der Waals surface area contributed by atoms with Gasteiger partial charge in [-0.25, -0.2) is 4.79 Å². The van der Waals surface area contributed by atoms with E-state index in [4.69, 9.17) is 0 Å². The predicted octanol–water partition coefficient (Wildman–Crippen LogP) is 2.15. The normalized spacial score (nSPS) is 12.2. The first-order valence-electron chi connectivity index (χ1n) is 5.58. The summed E-state index contributed by atoms with van der Waals surface area (Å²) in [4.78, 5) is 23.2. The number of carbonyl (C=O) groups excluding carboxylic acids is 2. The second-order valence-electron chi connectivity index (χ2n) is 4.03. The van der Waals surface area contributed by atoms with Crippen molar-refractivity contribution in [1.82, 2.24) is 5.32 Å². The Bertz CT molecular complexity index is 390. The number of ether oxygens (including phenoxy) is 1. The fourth-order valence-corrected chi connectivity index (χ4v) is 2.92. The molecule has 0 aliphatic heterocycles. The minimum Gasteiger partial charge on any atom is -0.467 e. The molecule has 0 radical (unpaired) electrons. The van der Waals surface area contributed by atoms with Crippen LogP contribution >= 0.6 is 23.1 Å². The number of carbonyl (C=O) groups is 2. The summed E-state index contributed by atoms with van der Waals surface area (Å²) in [6.07, 6.45) is 0. The average Bonchev–Trinajstić information content (AvgIpc) is 2.85. The van der Waals surface area contributed by atoms with Crippen LogP contribution < -0.4 is 5.32 Å². The molecule has 0 fully saturated rings. The summed E-state index contributed by atoms with van der Waals surface area (Å²) < 4.78 is 5.75. The highest BCUT2D eigenvalue weighted by Gasteiger charge is 2.24. The van der Waals surface area contributed by atoms with E-state index < -0.39 is 12.0 Å². The number of hydrogen-bond acceptors (Lipinski definition) is 5. The van der Waals surface area contributed by atoms with Gasteiger partial charge in [0.05, 0.1) is 17.1 Å². The summed E-state index contributed by atoms with van der Waals surface area (Å²) in [6.45, 7) is 3.74. The molecular weight excluding hydrogens is 270 g/mol. The van der Waals surface area contributed by atoms with Crippen molar-refractivity contribution in [1.29, 1.82) is 0 Å². The number of amides is 1. The van der Waals surface area contributed by atoms with Crippen LogP contribution in [0.1, 0.15) is 13.8 Å². The van der Waals surface area contributed by atoms with Crippen LogP contribution in [0.5, 0.6) is 0 Å². The van der Waals surface area contributed by atoms with E-state index in [0.717, 1.165) is 4.21 Å². The molecule has 0 bridgehead atoms. The van der Waals surface area contributed by atoms with Gasteiger partial charge in [0.15, 0.2) is 0 Å². The fourth-order valence-electron chi connectivity index (χ4n) is 1.32. The van der Waals surface area contributed by atoms with Crippen molar-refractivity contribution >= 4 is 35.0 Å². The Balaban J connectivity index is 2.44. The molecule has 1 N–H and O–H groups in total. The Hall–Kier alpha value is -1.01. The second-order valence-corrected chi connectivity index (χ2v) is 6.26. The minimum atomic E-state index is -0.577. The van der Waals surface area contributed by atoms with E-state index in [0.29, 0.717) is 5.75 Å². The van der Waals surface area contributed by atoms with Crippen LogP contribution in [0.3, 0.4) is 0 Å². The lowest BCUT2D eigenvalue weighted by atomic mass is 10.1. The zero-order valence-corrected chi connectivity index (χ0v) is 12.3. The molecule has 0 saturated heterocycles. The molecule has 1 amide bonds. The van der Waals surface area contributed by atoms with Crippen LogP contribution in [0.15, 0.2) is 21.7 Å². The standard InChI is InChI=1S/C12H17NO3S2/c1-8(2)11(12(15)16-3)13-9(14)7-18-10-5-4-6-17-10/h4-6,8,11H,7H2,1-3H3,(H,13,14). The molecule has 1 unspecified atom stereocenters. The number of thiophene rings is 1. The molecule has 0 aliphatic carbocycles. The number of thioether (sulfide) groups is 1. The second kappa shape index (κ2) is 7.43. The Labute approximate surface area is 115 Å². The molecule has 1 aromatic rings. The van der Waals surface area contributed by atoms with Gasteiger partial charge in [-0.15, -0.1) is 23.1 Å². The number of nitrogens with one attached hydrogen (secondary N) is 1. The third-order valence-electron chi connectivity index (χ3n) is 2.28. The zero-order chi connectivity index (χ0) is 13.5. The smallest absolute Gasteiger partial charge is 0.328 e. The van der Waals surface area contributed by atoms with Gasteiger partial charge >= 0.3 is 5.97 Å². The largest absolute Gasteiger partial charge is 0.467 e. The maximum Gasteiger partial charge on any atom is 0.328 e. The highest BCUT2D eigenvalue weighted by atomic mass is 32.2. The van der Waals surface area contributed by atoms with Crippen molar-refractivity contribution in [2.75, 3.05) is 12.9 Å². The molecular formula is C12H17NO3S2. The van der Waals surface area contributed by atoms with Gasteiger partial charge in [0.25, 0.3) is 0 Å². The van der Waals surface area contributed by atoms with E-state index in [1.54, 1.807) is 11.3 Å². The van der Waals surface area contributed by atoms with E-state index in [9.17, 15) is 9.59 Å². The molecule has 0 aliphatic rings. The zero-order valence-electron chi connectivity index (χ0n) is 10.6. The van der Waals surface area contributed by atoms with Crippen molar-refractivity contribution in [2.45, 2.75) is 24.1 Å². The molecule has 1 rings (SSSR count). The van der Waals surface area contributed by atoms with Crippen molar-refractivity contribution in [3.63, 3.8) is 0 Å². The van der Waals surface area contributed by atoms with Crippen LogP contribution in [-0.2, 0) is 14.3 Å². The monoisotopic (exact) mass is 287 g/mol. The lowest BCUT2D eigenvalue weighted by molar-refractivity contribution is -0.146. The van der Waals surface area contributed by atoms with Gasteiger partial charge in [-0.2, -0.15) is 0 Å². The Morgan fingerprint density at radius 3 is 2.72 bits per heavy atom. The van der Waals surface area contributed by atoms with Crippen molar-refractivity contribution < 1.29 is 14.3 Å². The van der Waals surface area contributed by atoms with Gasteiger partial charge in [0.2, 0.25) is 5.91 Å². The summed E-state index contributed by atoms with van der Waals surface area (Å²) in [5.41, 5.74) is 0. The van der Waals surface area contributed by atoms with Crippen molar-refractivity contribution in [2.24, 2.45) is 5.92 Å². The molecule has 4 nitrogen and oxygen atoms in total. The number of hydrogen-bond donors (Lipinski definition) is 1. The molecule has 0 spiro atoms. The first-order chi connectivity index (χ1) is 8.54. The van der Waals surface area contributed by atoms with E-state index >= 15 is 0 Å². The van der Waals surface area contributed by atoms with Crippen LogP contribution in [0.25, 0.3) is 0 Å². The van der Waals surface area contributed by atoms with Gasteiger partial charge in [-0.3, -0.25) is 4.79 Å². The summed E-state index contributed by atoms with van der Waals surface area (Å²) in [5.74, 6) is -0.245. The van der Waals surface area contributed by atoms with Gasteiger partial charge in [0, 0.05) is 0 Å².